The van der Waals surface area contributed by atoms with Gasteiger partial charge >= 0.3 is 5.97 Å². The van der Waals surface area contributed by atoms with E-state index >= 15 is 0 Å². The zero-order valence-electron chi connectivity index (χ0n) is 18.4. The summed E-state index contributed by atoms with van der Waals surface area (Å²) in [6, 6.07) is 21.8. The summed E-state index contributed by atoms with van der Waals surface area (Å²) in [6.07, 6.45) is 0. The molecule has 3 aromatic carbocycles. The van der Waals surface area contributed by atoms with Crippen LogP contribution in [0.5, 0.6) is 0 Å². The second kappa shape index (κ2) is 9.79. The van der Waals surface area contributed by atoms with Crippen LogP contribution in [-0.4, -0.2) is 39.5 Å². The molecule has 0 spiro atoms. The van der Waals surface area contributed by atoms with E-state index in [-0.39, 0.29) is 33.9 Å². The lowest BCUT2D eigenvalue weighted by Gasteiger charge is -2.10. The van der Waals surface area contributed by atoms with Crippen molar-refractivity contribution < 1.29 is 24.0 Å². The van der Waals surface area contributed by atoms with E-state index in [0.29, 0.717) is 5.69 Å². The highest BCUT2D eigenvalue weighted by molar-refractivity contribution is 6.20. The smallest absolute Gasteiger partial charge is 0.359 e. The van der Waals surface area contributed by atoms with Gasteiger partial charge in [0.25, 0.3) is 11.6 Å². The minimum absolute atomic E-state index is 0.176. The lowest BCUT2D eigenvalue weighted by Crippen LogP contribution is -2.21. The molecular formula is C25H18N4O6. The van der Waals surface area contributed by atoms with Gasteiger partial charge in [-0.05, 0) is 24.3 Å². The Morgan fingerprint density at radius 3 is 2.09 bits per heavy atom. The fraction of sp³-hybridized carbons (Fsp3) is 0.0400. The van der Waals surface area contributed by atoms with Crippen molar-refractivity contribution in [2.45, 2.75) is 0 Å². The van der Waals surface area contributed by atoms with Gasteiger partial charge in [0, 0.05) is 23.4 Å². The van der Waals surface area contributed by atoms with Crippen LogP contribution >= 0.6 is 0 Å². The number of anilines is 1. The maximum absolute atomic E-state index is 13.5. The van der Waals surface area contributed by atoms with Gasteiger partial charge in [-0.25, -0.2) is 9.48 Å². The average Bonchev–Trinajstić information content (AvgIpc) is 3.29. The first-order chi connectivity index (χ1) is 16.9. The summed E-state index contributed by atoms with van der Waals surface area (Å²) < 4.78 is 5.93. The van der Waals surface area contributed by atoms with Gasteiger partial charge in [-0.2, -0.15) is 5.10 Å². The Kier molecular flexibility index (Phi) is 6.45. The molecule has 4 aromatic rings. The monoisotopic (exact) mass is 470 g/mol. The van der Waals surface area contributed by atoms with Crippen molar-refractivity contribution in [3.05, 3.63) is 118 Å². The number of methoxy groups -OCH3 is 1. The van der Waals surface area contributed by atoms with Crippen LogP contribution in [0.4, 0.5) is 11.4 Å². The summed E-state index contributed by atoms with van der Waals surface area (Å²) in [5.74, 6) is -2.24. The quantitative estimate of drug-likeness (QED) is 0.186. The van der Waals surface area contributed by atoms with Crippen molar-refractivity contribution in [3.8, 4) is 5.69 Å². The van der Waals surface area contributed by atoms with Crippen molar-refractivity contribution in [1.82, 2.24) is 9.78 Å². The number of rotatable bonds is 7. The highest BCUT2D eigenvalue weighted by atomic mass is 16.6. The summed E-state index contributed by atoms with van der Waals surface area (Å²) in [5.41, 5.74) is -0.109. The highest BCUT2D eigenvalue weighted by Gasteiger charge is 2.33. The number of ether oxygens (including phenoxy) is 1. The molecule has 0 bridgehead atoms. The Balaban J connectivity index is 1.95. The van der Waals surface area contributed by atoms with Gasteiger partial charge in [-0.3, -0.25) is 19.7 Å². The molecule has 1 amide bonds. The zero-order chi connectivity index (χ0) is 24.9. The Hall–Kier alpha value is -5.12. The fourth-order valence-corrected chi connectivity index (χ4v) is 3.43. The molecule has 0 unspecified atom stereocenters. The van der Waals surface area contributed by atoms with E-state index in [2.05, 4.69) is 10.4 Å². The van der Waals surface area contributed by atoms with Gasteiger partial charge < -0.3 is 10.1 Å². The first kappa shape index (κ1) is 23.1. The number of carbonyl (C=O) groups is 3. The van der Waals surface area contributed by atoms with Gasteiger partial charge in [-0.15, -0.1) is 0 Å². The van der Waals surface area contributed by atoms with Gasteiger partial charge in [0.1, 0.15) is 5.69 Å². The predicted molar refractivity (Wildman–Crippen MR) is 126 cm³/mol. The lowest BCUT2D eigenvalue weighted by atomic mass is 10.00. The summed E-state index contributed by atoms with van der Waals surface area (Å²) in [4.78, 5) is 50.1. The average molecular weight is 470 g/mol. The van der Waals surface area contributed by atoms with Crippen molar-refractivity contribution in [1.29, 1.82) is 0 Å². The highest BCUT2D eigenvalue weighted by Crippen LogP contribution is 2.25. The molecule has 10 nitrogen and oxygen atoms in total. The second-order valence-electron chi connectivity index (χ2n) is 7.26. The number of nitrogens with zero attached hydrogens (tertiary/aromatic N) is 3. The van der Waals surface area contributed by atoms with Crippen LogP contribution in [0.25, 0.3) is 5.69 Å². The van der Waals surface area contributed by atoms with Crippen LogP contribution in [0.3, 0.4) is 0 Å². The molecule has 0 atom stereocenters. The van der Waals surface area contributed by atoms with E-state index in [0.717, 1.165) is 11.8 Å². The molecule has 0 fully saturated rings. The van der Waals surface area contributed by atoms with E-state index in [9.17, 15) is 24.5 Å². The number of hydrogen-bond acceptors (Lipinski definition) is 7. The summed E-state index contributed by atoms with van der Waals surface area (Å²) in [6.45, 7) is 0. The van der Waals surface area contributed by atoms with Gasteiger partial charge in [0.05, 0.1) is 23.3 Å². The summed E-state index contributed by atoms with van der Waals surface area (Å²) in [7, 11) is 1.13. The standard InChI is InChI=1S/C25H18N4O6/c1-35-25(32)21-20(23(30)16-8-4-2-5-9-16)22(24(31)26-17-10-6-3-7-11-17)28(27-21)18-12-14-19(15-13-18)29(33)34/h2-15H,1H3,(H,26,31). The lowest BCUT2D eigenvalue weighted by molar-refractivity contribution is -0.384. The fourth-order valence-electron chi connectivity index (χ4n) is 3.43. The van der Waals surface area contributed by atoms with Gasteiger partial charge in [-0.1, -0.05) is 48.5 Å². The number of benzene rings is 3. The number of non-ortho nitro benzene ring substituents is 1. The summed E-state index contributed by atoms with van der Waals surface area (Å²) in [5, 5.41) is 18.0. The maximum atomic E-state index is 13.5. The van der Waals surface area contributed by atoms with Crippen molar-refractivity contribution in [2.75, 3.05) is 12.4 Å². The molecule has 10 heteroatoms. The van der Waals surface area contributed by atoms with E-state index < -0.39 is 22.6 Å². The SMILES string of the molecule is COC(=O)c1nn(-c2ccc([N+](=O)[O-])cc2)c(C(=O)Nc2ccccc2)c1C(=O)c1ccccc1. The molecule has 174 valence electrons. The number of nitro benzene ring substituents is 1. The molecule has 1 heterocycles. The Bertz CT molecular complexity index is 1410. The van der Waals surface area contributed by atoms with Crippen LogP contribution in [0.1, 0.15) is 36.9 Å². The molecule has 0 aliphatic carbocycles. The van der Waals surface area contributed by atoms with Crippen molar-refractivity contribution in [3.63, 3.8) is 0 Å². The Morgan fingerprint density at radius 1 is 0.914 bits per heavy atom. The van der Waals surface area contributed by atoms with Crippen molar-refractivity contribution >= 4 is 29.0 Å². The number of esters is 1. The molecular weight excluding hydrogens is 452 g/mol. The third-order valence-electron chi connectivity index (χ3n) is 5.08. The van der Waals surface area contributed by atoms with Crippen molar-refractivity contribution in [2.24, 2.45) is 0 Å². The maximum Gasteiger partial charge on any atom is 0.359 e. The third-order valence-corrected chi connectivity index (χ3v) is 5.08. The number of ketones is 1. The minimum Gasteiger partial charge on any atom is -0.464 e. The van der Waals surface area contributed by atoms with E-state index in [4.69, 9.17) is 4.74 Å². The molecule has 1 N–H and O–H groups in total. The third kappa shape index (κ3) is 4.67. The normalized spacial score (nSPS) is 10.4. The molecule has 35 heavy (non-hydrogen) atoms. The Morgan fingerprint density at radius 2 is 1.51 bits per heavy atom. The number of amides is 1. The van der Waals surface area contributed by atoms with Crippen LogP contribution in [0.2, 0.25) is 0 Å². The molecule has 0 aliphatic rings. The number of nitro groups is 1. The van der Waals surface area contributed by atoms with Crippen LogP contribution < -0.4 is 5.32 Å². The first-order valence-corrected chi connectivity index (χ1v) is 10.3. The minimum atomic E-state index is -0.918. The number of nitrogens with one attached hydrogen (secondary N) is 1. The van der Waals surface area contributed by atoms with Gasteiger partial charge in [0.2, 0.25) is 0 Å². The summed E-state index contributed by atoms with van der Waals surface area (Å²) >= 11 is 0. The zero-order valence-corrected chi connectivity index (χ0v) is 18.4. The predicted octanol–water partition coefficient (Wildman–Crippen LogP) is 4.05. The van der Waals surface area contributed by atoms with Gasteiger partial charge in [0.15, 0.2) is 11.5 Å². The largest absolute Gasteiger partial charge is 0.464 e. The molecule has 0 saturated carbocycles. The molecule has 4 rings (SSSR count). The second-order valence-corrected chi connectivity index (χ2v) is 7.26. The number of carbonyl (C=O) groups excluding carboxylic acids is 3. The Labute approximate surface area is 198 Å². The van der Waals surface area contributed by atoms with Crippen LogP contribution in [0.15, 0.2) is 84.9 Å². The van der Waals surface area contributed by atoms with E-state index in [1.54, 1.807) is 60.7 Å². The number of hydrogen-bond donors (Lipinski definition) is 1. The number of aromatic nitrogens is 2. The van der Waals surface area contributed by atoms with E-state index in [1.807, 2.05) is 0 Å². The topological polar surface area (TPSA) is 133 Å². The first-order valence-electron chi connectivity index (χ1n) is 10.3. The molecule has 0 aliphatic heterocycles. The van der Waals surface area contributed by atoms with E-state index in [1.165, 1.54) is 24.3 Å². The molecule has 0 saturated heterocycles. The van der Waals surface area contributed by atoms with Crippen LogP contribution in [0, 0.1) is 10.1 Å². The number of para-hydroxylation sites is 1. The molecule has 0 radical (unpaired) electrons. The molecule has 1 aromatic heterocycles. The van der Waals surface area contributed by atoms with Crippen LogP contribution in [-0.2, 0) is 4.74 Å².